The first-order valence-electron chi connectivity index (χ1n) is 6.38. The Labute approximate surface area is 112 Å². The van der Waals surface area contributed by atoms with Crippen molar-refractivity contribution in [2.24, 2.45) is 5.73 Å². The Bertz CT molecular complexity index is 506. The number of H-pyrrole nitrogens is 1. The third-order valence-electron chi connectivity index (χ3n) is 2.61. The van der Waals surface area contributed by atoms with Crippen LogP contribution in [0.1, 0.15) is 19.2 Å². The van der Waals surface area contributed by atoms with Gasteiger partial charge in [0.25, 0.3) is 0 Å². The van der Waals surface area contributed by atoms with Crippen LogP contribution < -0.4 is 16.4 Å². The summed E-state index contributed by atoms with van der Waals surface area (Å²) >= 11 is 0. The Hall–Kier alpha value is -2.08. The maximum atomic E-state index is 5.72. The van der Waals surface area contributed by atoms with Gasteiger partial charge in [-0.3, -0.25) is 0 Å². The number of nitrogens with zero attached hydrogens (tertiary/aromatic N) is 2. The van der Waals surface area contributed by atoms with Crippen molar-refractivity contribution < 1.29 is 0 Å². The van der Waals surface area contributed by atoms with Crippen LogP contribution in [0, 0.1) is 6.92 Å². The number of nitrogens with two attached hydrogens (primary N) is 1. The Balaban J connectivity index is 2.02. The molecule has 0 spiro atoms. The molecule has 6 heteroatoms. The largest absolute Gasteiger partial charge is 0.370 e. The summed E-state index contributed by atoms with van der Waals surface area (Å²) < 4.78 is 0. The molecule has 1 unspecified atom stereocenters. The van der Waals surface area contributed by atoms with Crippen molar-refractivity contribution in [2.75, 3.05) is 17.2 Å². The van der Waals surface area contributed by atoms with Crippen LogP contribution in [0.2, 0.25) is 0 Å². The predicted octanol–water partition coefficient (Wildman–Crippen LogP) is 2.01. The summed E-state index contributed by atoms with van der Waals surface area (Å²) in [5.74, 6) is 2.31. The second kappa shape index (κ2) is 6.19. The SMILES string of the molecule is Cc1nc(NCCC(C)N)cc(Nc2cc[nH]c2)n1. The van der Waals surface area contributed by atoms with E-state index in [1.165, 1.54) is 0 Å². The number of aromatic nitrogens is 3. The van der Waals surface area contributed by atoms with Gasteiger partial charge in [0.1, 0.15) is 17.5 Å². The Morgan fingerprint density at radius 2 is 2.16 bits per heavy atom. The molecule has 0 aliphatic heterocycles. The van der Waals surface area contributed by atoms with Crippen molar-refractivity contribution in [1.29, 1.82) is 0 Å². The topological polar surface area (TPSA) is 91.6 Å². The number of rotatable bonds is 6. The van der Waals surface area contributed by atoms with E-state index in [1.54, 1.807) is 0 Å². The van der Waals surface area contributed by atoms with E-state index in [0.29, 0.717) is 0 Å². The molecule has 0 fully saturated rings. The molecule has 0 aromatic carbocycles. The third kappa shape index (κ3) is 4.26. The minimum Gasteiger partial charge on any atom is -0.370 e. The molecule has 2 rings (SSSR count). The zero-order chi connectivity index (χ0) is 13.7. The van der Waals surface area contributed by atoms with Crippen molar-refractivity contribution in [1.82, 2.24) is 15.0 Å². The summed E-state index contributed by atoms with van der Waals surface area (Å²) in [5.41, 5.74) is 6.69. The lowest BCUT2D eigenvalue weighted by Crippen LogP contribution is -2.19. The van der Waals surface area contributed by atoms with Crippen LogP contribution in [0.3, 0.4) is 0 Å². The second-order valence-electron chi connectivity index (χ2n) is 4.60. The van der Waals surface area contributed by atoms with Gasteiger partial charge in [-0.05, 0) is 26.3 Å². The van der Waals surface area contributed by atoms with Crippen molar-refractivity contribution >= 4 is 17.3 Å². The Kier molecular flexibility index (Phi) is 4.35. The smallest absolute Gasteiger partial charge is 0.136 e. The van der Waals surface area contributed by atoms with Crippen molar-refractivity contribution in [3.8, 4) is 0 Å². The molecule has 6 nitrogen and oxygen atoms in total. The first kappa shape index (κ1) is 13.4. The monoisotopic (exact) mass is 260 g/mol. The molecule has 2 aromatic heterocycles. The highest BCUT2D eigenvalue weighted by atomic mass is 15.1. The van der Waals surface area contributed by atoms with Gasteiger partial charge in [0.2, 0.25) is 0 Å². The molecular formula is C13H20N6. The molecule has 0 saturated heterocycles. The van der Waals surface area contributed by atoms with Gasteiger partial charge < -0.3 is 21.4 Å². The Morgan fingerprint density at radius 1 is 1.37 bits per heavy atom. The molecule has 0 bridgehead atoms. The highest BCUT2D eigenvalue weighted by molar-refractivity contribution is 5.58. The van der Waals surface area contributed by atoms with Crippen molar-refractivity contribution in [3.05, 3.63) is 30.4 Å². The molecule has 2 aromatic rings. The molecule has 5 N–H and O–H groups in total. The maximum absolute atomic E-state index is 5.72. The summed E-state index contributed by atoms with van der Waals surface area (Å²) in [5, 5.41) is 6.48. The minimum absolute atomic E-state index is 0.188. The zero-order valence-corrected chi connectivity index (χ0v) is 11.3. The number of hydrogen-bond acceptors (Lipinski definition) is 5. The van der Waals surface area contributed by atoms with Crippen LogP contribution in [0.5, 0.6) is 0 Å². The van der Waals surface area contributed by atoms with E-state index >= 15 is 0 Å². The fourth-order valence-electron chi connectivity index (χ4n) is 1.70. The van der Waals surface area contributed by atoms with Crippen LogP contribution >= 0.6 is 0 Å². The lowest BCUT2D eigenvalue weighted by Gasteiger charge is -2.10. The molecule has 2 heterocycles. The van der Waals surface area contributed by atoms with Crippen LogP contribution in [-0.4, -0.2) is 27.5 Å². The molecule has 0 amide bonds. The molecule has 0 radical (unpaired) electrons. The van der Waals surface area contributed by atoms with Gasteiger partial charge in [-0.1, -0.05) is 0 Å². The minimum atomic E-state index is 0.188. The standard InChI is InChI=1S/C13H20N6/c1-9(14)3-6-16-12-7-13(18-10(2)17-12)19-11-4-5-15-8-11/h4-5,7-9,15H,3,6,14H2,1-2H3,(H2,16,17,18,19). The average molecular weight is 260 g/mol. The molecule has 0 aliphatic carbocycles. The summed E-state index contributed by atoms with van der Waals surface area (Å²) in [4.78, 5) is 11.7. The fourth-order valence-corrected chi connectivity index (χ4v) is 1.70. The summed E-state index contributed by atoms with van der Waals surface area (Å²) in [7, 11) is 0. The second-order valence-corrected chi connectivity index (χ2v) is 4.60. The molecule has 1 atom stereocenters. The fraction of sp³-hybridized carbons (Fsp3) is 0.385. The third-order valence-corrected chi connectivity index (χ3v) is 2.61. The highest BCUT2D eigenvalue weighted by Gasteiger charge is 2.03. The lowest BCUT2D eigenvalue weighted by molar-refractivity contribution is 0.689. The van der Waals surface area contributed by atoms with E-state index in [1.807, 2.05) is 38.4 Å². The molecule has 102 valence electrons. The molecular weight excluding hydrogens is 240 g/mol. The normalized spacial score (nSPS) is 12.2. The number of nitrogens with one attached hydrogen (secondary N) is 3. The number of aryl methyl sites for hydroxylation is 1. The van der Waals surface area contributed by atoms with Gasteiger partial charge in [-0.25, -0.2) is 9.97 Å². The first-order valence-corrected chi connectivity index (χ1v) is 6.38. The van der Waals surface area contributed by atoms with Gasteiger partial charge in [-0.15, -0.1) is 0 Å². The van der Waals surface area contributed by atoms with Crippen molar-refractivity contribution in [2.45, 2.75) is 26.3 Å². The Morgan fingerprint density at radius 3 is 2.84 bits per heavy atom. The van der Waals surface area contributed by atoms with Gasteiger partial charge in [-0.2, -0.15) is 0 Å². The summed E-state index contributed by atoms with van der Waals surface area (Å²) in [6.07, 6.45) is 4.64. The summed E-state index contributed by atoms with van der Waals surface area (Å²) in [6.45, 7) is 4.67. The maximum Gasteiger partial charge on any atom is 0.136 e. The van der Waals surface area contributed by atoms with E-state index in [4.69, 9.17) is 5.73 Å². The van der Waals surface area contributed by atoms with E-state index < -0.39 is 0 Å². The molecule has 0 aliphatic rings. The molecule has 0 saturated carbocycles. The number of aromatic amines is 1. The van der Waals surface area contributed by atoms with Crippen LogP contribution in [0.4, 0.5) is 17.3 Å². The van der Waals surface area contributed by atoms with E-state index in [0.717, 1.165) is 36.1 Å². The number of hydrogen-bond donors (Lipinski definition) is 4. The van der Waals surface area contributed by atoms with Gasteiger partial charge in [0, 0.05) is 31.0 Å². The predicted molar refractivity (Wildman–Crippen MR) is 77.6 cm³/mol. The lowest BCUT2D eigenvalue weighted by atomic mass is 10.2. The number of anilines is 3. The first-order chi connectivity index (χ1) is 9.13. The zero-order valence-electron chi connectivity index (χ0n) is 11.3. The highest BCUT2D eigenvalue weighted by Crippen LogP contribution is 2.16. The molecule has 19 heavy (non-hydrogen) atoms. The van der Waals surface area contributed by atoms with Crippen molar-refractivity contribution in [3.63, 3.8) is 0 Å². The van der Waals surface area contributed by atoms with Gasteiger partial charge >= 0.3 is 0 Å². The van der Waals surface area contributed by atoms with E-state index in [9.17, 15) is 0 Å². The average Bonchev–Trinajstić information content (AvgIpc) is 2.80. The van der Waals surface area contributed by atoms with E-state index in [2.05, 4.69) is 25.6 Å². The van der Waals surface area contributed by atoms with Crippen LogP contribution in [0.15, 0.2) is 24.5 Å². The van der Waals surface area contributed by atoms with Crippen LogP contribution in [0.25, 0.3) is 0 Å². The van der Waals surface area contributed by atoms with Gasteiger partial charge in [0.05, 0.1) is 5.69 Å². The summed E-state index contributed by atoms with van der Waals surface area (Å²) in [6, 6.07) is 4.02. The van der Waals surface area contributed by atoms with Gasteiger partial charge in [0.15, 0.2) is 0 Å². The van der Waals surface area contributed by atoms with Crippen LogP contribution in [-0.2, 0) is 0 Å². The van der Waals surface area contributed by atoms with E-state index in [-0.39, 0.29) is 6.04 Å². The quantitative estimate of drug-likeness (QED) is 0.637.